The molecule has 0 amide bonds. The van der Waals surface area contributed by atoms with Crippen LogP contribution in [0.25, 0.3) is 0 Å². The van der Waals surface area contributed by atoms with Crippen molar-refractivity contribution in [1.82, 2.24) is 9.88 Å². The van der Waals surface area contributed by atoms with Crippen LogP contribution in [0.3, 0.4) is 0 Å². The van der Waals surface area contributed by atoms with Crippen molar-refractivity contribution in [2.24, 2.45) is 0 Å². The molecule has 90 valence electrons. The van der Waals surface area contributed by atoms with Gasteiger partial charge in [0.1, 0.15) is 0 Å². The van der Waals surface area contributed by atoms with Crippen LogP contribution >= 0.6 is 0 Å². The molecule has 1 aromatic rings. The van der Waals surface area contributed by atoms with E-state index in [-0.39, 0.29) is 0 Å². The fourth-order valence-corrected chi connectivity index (χ4v) is 1.38. The summed E-state index contributed by atoms with van der Waals surface area (Å²) in [6.45, 7) is 6.43. The maximum Gasteiger partial charge on any atom is 0.0736 e. The van der Waals surface area contributed by atoms with Gasteiger partial charge in [-0.3, -0.25) is 4.98 Å². The van der Waals surface area contributed by atoms with Gasteiger partial charge in [-0.1, -0.05) is 0 Å². The minimum atomic E-state index is 0.603. The summed E-state index contributed by atoms with van der Waals surface area (Å²) in [7, 11) is 2.14. The highest BCUT2D eigenvalue weighted by Gasteiger charge is 2.02. The van der Waals surface area contributed by atoms with Gasteiger partial charge in [0.15, 0.2) is 0 Å². The van der Waals surface area contributed by atoms with Crippen LogP contribution in [0.15, 0.2) is 18.5 Å². The van der Waals surface area contributed by atoms with E-state index >= 15 is 0 Å². The lowest BCUT2D eigenvalue weighted by Crippen LogP contribution is -2.28. The van der Waals surface area contributed by atoms with Crippen LogP contribution in [0.4, 0.5) is 11.4 Å². The summed E-state index contributed by atoms with van der Waals surface area (Å²) in [6, 6.07) is 2.51. The summed E-state index contributed by atoms with van der Waals surface area (Å²) in [5.74, 6) is 0. The molecule has 0 saturated heterocycles. The Balaban J connectivity index is 2.24. The lowest BCUT2D eigenvalue weighted by atomic mass is 10.3. The average Bonchev–Trinajstić information content (AvgIpc) is 2.26. The first-order valence-electron chi connectivity index (χ1n) is 5.75. The van der Waals surface area contributed by atoms with E-state index in [2.05, 4.69) is 36.1 Å². The predicted molar refractivity (Wildman–Crippen MR) is 69.5 cm³/mol. The fourth-order valence-electron chi connectivity index (χ4n) is 1.38. The Morgan fingerprint density at radius 1 is 1.50 bits per heavy atom. The molecule has 0 aromatic carbocycles. The molecule has 3 N–H and O–H groups in total. The zero-order valence-electron chi connectivity index (χ0n) is 10.4. The van der Waals surface area contributed by atoms with Crippen molar-refractivity contribution < 1.29 is 0 Å². The molecule has 16 heavy (non-hydrogen) atoms. The Morgan fingerprint density at radius 2 is 2.25 bits per heavy atom. The SMILES string of the molecule is CC(C)N(C)CCCNc1ccncc1N. The summed E-state index contributed by atoms with van der Waals surface area (Å²) in [6.07, 6.45) is 4.53. The first-order valence-corrected chi connectivity index (χ1v) is 5.75. The molecule has 0 spiro atoms. The summed E-state index contributed by atoms with van der Waals surface area (Å²) < 4.78 is 0. The number of hydrogen-bond donors (Lipinski definition) is 2. The molecule has 0 aliphatic rings. The quantitative estimate of drug-likeness (QED) is 0.721. The van der Waals surface area contributed by atoms with Gasteiger partial charge in [-0.15, -0.1) is 0 Å². The molecule has 0 radical (unpaired) electrons. The molecule has 0 bridgehead atoms. The van der Waals surface area contributed by atoms with Gasteiger partial charge in [-0.2, -0.15) is 0 Å². The second kappa shape index (κ2) is 6.33. The molecular weight excluding hydrogens is 200 g/mol. The maximum atomic E-state index is 5.78. The summed E-state index contributed by atoms with van der Waals surface area (Å²) in [5.41, 5.74) is 7.46. The second-order valence-corrected chi connectivity index (χ2v) is 4.32. The van der Waals surface area contributed by atoms with Gasteiger partial charge in [0.05, 0.1) is 17.6 Å². The third-order valence-electron chi connectivity index (χ3n) is 2.74. The topological polar surface area (TPSA) is 54.2 Å². The van der Waals surface area contributed by atoms with Crippen LogP contribution in [0, 0.1) is 0 Å². The summed E-state index contributed by atoms with van der Waals surface area (Å²) >= 11 is 0. The number of nitrogens with one attached hydrogen (secondary N) is 1. The van der Waals surface area contributed by atoms with Crippen molar-refractivity contribution in [2.45, 2.75) is 26.3 Å². The Hall–Kier alpha value is -1.29. The van der Waals surface area contributed by atoms with Crippen molar-refractivity contribution in [1.29, 1.82) is 0 Å². The highest BCUT2D eigenvalue weighted by Crippen LogP contribution is 2.14. The molecule has 0 saturated carbocycles. The number of nitrogens with two attached hydrogens (primary N) is 1. The minimum absolute atomic E-state index is 0.603. The third kappa shape index (κ3) is 4.06. The molecule has 4 nitrogen and oxygen atoms in total. The van der Waals surface area contributed by atoms with E-state index in [0.29, 0.717) is 11.7 Å². The number of rotatable bonds is 6. The van der Waals surface area contributed by atoms with Crippen molar-refractivity contribution in [3.63, 3.8) is 0 Å². The Morgan fingerprint density at radius 3 is 2.88 bits per heavy atom. The smallest absolute Gasteiger partial charge is 0.0736 e. The van der Waals surface area contributed by atoms with Crippen molar-refractivity contribution in [3.8, 4) is 0 Å². The van der Waals surface area contributed by atoms with Crippen LogP contribution in [0.1, 0.15) is 20.3 Å². The van der Waals surface area contributed by atoms with Gasteiger partial charge in [-0.05, 0) is 39.9 Å². The van der Waals surface area contributed by atoms with E-state index in [1.165, 1.54) is 0 Å². The second-order valence-electron chi connectivity index (χ2n) is 4.32. The molecule has 4 heteroatoms. The van der Waals surface area contributed by atoms with Crippen LogP contribution in [0.2, 0.25) is 0 Å². The van der Waals surface area contributed by atoms with Crippen LogP contribution < -0.4 is 11.1 Å². The number of pyridine rings is 1. The Bertz CT molecular complexity index is 312. The lowest BCUT2D eigenvalue weighted by molar-refractivity contribution is 0.273. The van der Waals surface area contributed by atoms with Crippen molar-refractivity contribution in [2.75, 3.05) is 31.2 Å². The van der Waals surface area contributed by atoms with E-state index in [9.17, 15) is 0 Å². The Kier molecular flexibility index (Phi) is 5.05. The highest BCUT2D eigenvalue weighted by molar-refractivity contribution is 5.63. The zero-order valence-corrected chi connectivity index (χ0v) is 10.4. The Labute approximate surface area is 97.9 Å². The molecule has 0 fully saturated rings. The molecule has 1 aromatic heterocycles. The average molecular weight is 222 g/mol. The van der Waals surface area contributed by atoms with Crippen LogP contribution in [-0.4, -0.2) is 36.1 Å². The lowest BCUT2D eigenvalue weighted by Gasteiger charge is -2.20. The molecule has 0 aliphatic heterocycles. The third-order valence-corrected chi connectivity index (χ3v) is 2.74. The maximum absolute atomic E-state index is 5.78. The zero-order chi connectivity index (χ0) is 12.0. The van der Waals surface area contributed by atoms with Crippen molar-refractivity contribution >= 4 is 11.4 Å². The highest BCUT2D eigenvalue weighted by atomic mass is 15.1. The van der Waals surface area contributed by atoms with Gasteiger partial charge >= 0.3 is 0 Å². The normalized spacial score (nSPS) is 11.1. The van der Waals surface area contributed by atoms with E-state index in [4.69, 9.17) is 5.73 Å². The minimum Gasteiger partial charge on any atom is -0.396 e. The number of anilines is 2. The molecule has 0 aliphatic carbocycles. The van der Waals surface area contributed by atoms with E-state index in [1.54, 1.807) is 12.4 Å². The predicted octanol–water partition coefficient (Wildman–Crippen LogP) is 1.81. The summed E-state index contributed by atoms with van der Waals surface area (Å²) in [5, 5.41) is 3.32. The first-order chi connectivity index (χ1) is 7.61. The molecule has 1 heterocycles. The van der Waals surface area contributed by atoms with Crippen LogP contribution in [0.5, 0.6) is 0 Å². The monoisotopic (exact) mass is 222 g/mol. The van der Waals surface area contributed by atoms with Gasteiger partial charge < -0.3 is 16.0 Å². The largest absolute Gasteiger partial charge is 0.396 e. The number of aromatic nitrogens is 1. The summed E-state index contributed by atoms with van der Waals surface area (Å²) in [4.78, 5) is 6.28. The first kappa shape index (κ1) is 12.8. The van der Waals surface area contributed by atoms with Gasteiger partial charge in [0.25, 0.3) is 0 Å². The molecule has 0 unspecified atom stereocenters. The van der Waals surface area contributed by atoms with Gasteiger partial charge in [0, 0.05) is 18.8 Å². The van der Waals surface area contributed by atoms with Gasteiger partial charge in [-0.25, -0.2) is 0 Å². The van der Waals surface area contributed by atoms with E-state index < -0.39 is 0 Å². The number of nitrogens with zero attached hydrogens (tertiary/aromatic N) is 2. The van der Waals surface area contributed by atoms with E-state index in [0.717, 1.165) is 25.2 Å². The molecular formula is C12H22N4. The number of nitrogen functional groups attached to an aromatic ring is 1. The standard InChI is InChI=1S/C12H22N4/c1-10(2)16(3)8-4-6-15-12-5-7-14-9-11(12)13/h5,7,9-10H,4,6,8,13H2,1-3H3,(H,14,15). The van der Waals surface area contributed by atoms with Crippen molar-refractivity contribution in [3.05, 3.63) is 18.5 Å². The van der Waals surface area contributed by atoms with Gasteiger partial charge in [0.2, 0.25) is 0 Å². The molecule has 0 atom stereocenters. The number of hydrogen-bond acceptors (Lipinski definition) is 4. The molecule has 1 rings (SSSR count). The van der Waals surface area contributed by atoms with E-state index in [1.807, 2.05) is 6.07 Å². The fraction of sp³-hybridized carbons (Fsp3) is 0.583. The van der Waals surface area contributed by atoms with Crippen LogP contribution in [-0.2, 0) is 0 Å².